The van der Waals surface area contributed by atoms with Gasteiger partial charge in [-0.15, -0.1) is 0 Å². The number of nitrogens with one attached hydrogen (secondary N) is 1. The van der Waals surface area contributed by atoms with Crippen molar-refractivity contribution >= 4 is 5.95 Å². The summed E-state index contributed by atoms with van der Waals surface area (Å²) in [6.45, 7) is 4.72. The first kappa shape index (κ1) is 9.92. The van der Waals surface area contributed by atoms with Gasteiger partial charge in [-0.25, -0.2) is 9.97 Å². The summed E-state index contributed by atoms with van der Waals surface area (Å²) in [6.07, 6.45) is 4.37. The van der Waals surface area contributed by atoms with Crippen LogP contribution in [0.3, 0.4) is 0 Å². The van der Waals surface area contributed by atoms with Crippen molar-refractivity contribution in [3.05, 3.63) is 18.5 Å². The summed E-state index contributed by atoms with van der Waals surface area (Å²) in [5, 5.41) is 3.21. The molecule has 4 nitrogen and oxygen atoms in total. The highest BCUT2D eigenvalue weighted by Gasteiger charge is 2.19. The van der Waals surface area contributed by atoms with Gasteiger partial charge in [0.05, 0.1) is 0 Å². The third-order valence-electron chi connectivity index (χ3n) is 2.21. The van der Waals surface area contributed by atoms with Gasteiger partial charge < -0.3 is 11.1 Å². The summed E-state index contributed by atoms with van der Waals surface area (Å²) < 4.78 is 0. The lowest BCUT2D eigenvalue weighted by Crippen LogP contribution is -2.42. The Morgan fingerprint density at radius 1 is 1.46 bits per heavy atom. The van der Waals surface area contributed by atoms with Gasteiger partial charge in [0.15, 0.2) is 0 Å². The first-order valence-electron chi connectivity index (χ1n) is 4.45. The van der Waals surface area contributed by atoms with E-state index in [0.29, 0.717) is 12.5 Å². The van der Waals surface area contributed by atoms with Crippen LogP contribution in [0.4, 0.5) is 5.95 Å². The van der Waals surface area contributed by atoms with Crippen LogP contribution in [0.1, 0.15) is 20.3 Å². The number of aromatic nitrogens is 2. The van der Waals surface area contributed by atoms with E-state index in [-0.39, 0.29) is 5.54 Å². The summed E-state index contributed by atoms with van der Waals surface area (Å²) in [5.74, 6) is 0.636. The second-order valence-electron chi connectivity index (χ2n) is 3.32. The molecule has 1 rings (SSSR count). The van der Waals surface area contributed by atoms with Crippen LogP contribution in [0.5, 0.6) is 0 Å². The molecule has 0 saturated carbocycles. The SMILES string of the molecule is CCC(C)(CN)Nc1ncccn1. The Hall–Kier alpha value is -1.16. The Labute approximate surface area is 78.6 Å². The molecule has 0 aliphatic rings. The maximum Gasteiger partial charge on any atom is 0.223 e. The average Bonchev–Trinajstić information content (AvgIpc) is 2.19. The summed E-state index contributed by atoms with van der Waals surface area (Å²) in [5.41, 5.74) is 5.54. The van der Waals surface area contributed by atoms with E-state index >= 15 is 0 Å². The van der Waals surface area contributed by atoms with Gasteiger partial charge in [0.25, 0.3) is 0 Å². The number of nitrogens with zero attached hydrogens (tertiary/aromatic N) is 2. The second-order valence-corrected chi connectivity index (χ2v) is 3.32. The molecular weight excluding hydrogens is 164 g/mol. The second kappa shape index (κ2) is 4.18. The lowest BCUT2D eigenvalue weighted by molar-refractivity contribution is 0.502. The van der Waals surface area contributed by atoms with Crippen LogP contribution in [0, 0.1) is 0 Å². The Bertz CT molecular complexity index is 243. The smallest absolute Gasteiger partial charge is 0.223 e. The molecule has 72 valence electrons. The topological polar surface area (TPSA) is 63.8 Å². The van der Waals surface area contributed by atoms with E-state index in [2.05, 4.69) is 29.1 Å². The fraction of sp³-hybridized carbons (Fsp3) is 0.556. The molecule has 3 N–H and O–H groups in total. The van der Waals surface area contributed by atoms with Crippen molar-refractivity contribution in [1.29, 1.82) is 0 Å². The Kier molecular flexibility index (Phi) is 3.19. The fourth-order valence-electron chi connectivity index (χ4n) is 0.917. The molecule has 1 aromatic heterocycles. The van der Waals surface area contributed by atoms with Gasteiger partial charge in [-0.1, -0.05) is 6.92 Å². The molecule has 1 atom stereocenters. The van der Waals surface area contributed by atoms with Gasteiger partial charge in [-0.05, 0) is 19.4 Å². The molecule has 0 aliphatic heterocycles. The molecular formula is C9H16N4. The molecule has 13 heavy (non-hydrogen) atoms. The van der Waals surface area contributed by atoms with Gasteiger partial charge in [-0.3, -0.25) is 0 Å². The van der Waals surface area contributed by atoms with Gasteiger partial charge in [-0.2, -0.15) is 0 Å². The van der Waals surface area contributed by atoms with Gasteiger partial charge >= 0.3 is 0 Å². The van der Waals surface area contributed by atoms with Crippen LogP contribution >= 0.6 is 0 Å². The maximum absolute atomic E-state index is 5.65. The fourth-order valence-corrected chi connectivity index (χ4v) is 0.917. The molecule has 0 aromatic carbocycles. The minimum atomic E-state index is -0.110. The van der Waals surface area contributed by atoms with Crippen LogP contribution in [0.2, 0.25) is 0 Å². The molecule has 4 heteroatoms. The molecule has 0 spiro atoms. The molecule has 0 bridgehead atoms. The maximum atomic E-state index is 5.65. The molecule has 0 amide bonds. The standard InChI is InChI=1S/C9H16N4/c1-3-9(2,7-10)13-8-11-5-4-6-12-8/h4-6H,3,7,10H2,1-2H3,(H,11,12,13). The Balaban J connectivity index is 2.68. The minimum absolute atomic E-state index is 0.110. The first-order chi connectivity index (χ1) is 6.20. The number of rotatable bonds is 4. The van der Waals surface area contributed by atoms with Crippen LogP contribution < -0.4 is 11.1 Å². The molecule has 0 aliphatic carbocycles. The molecule has 0 fully saturated rings. The predicted octanol–water partition coefficient (Wildman–Crippen LogP) is 1.02. The van der Waals surface area contributed by atoms with E-state index in [9.17, 15) is 0 Å². The van der Waals surface area contributed by atoms with E-state index in [4.69, 9.17) is 5.73 Å². The lowest BCUT2D eigenvalue weighted by atomic mass is 10.00. The largest absolute Gasteiger partial charge is 0.348 e. The van der Waals surface area contributed by atoms with Crippen LogP contribution in [0.15, 0.2) is 18.5 Å². The van der Waals surface area contributed by atoms with E-state index in [1.54, 1.807) is 18.5 Å². The summed E-state index contributed by atoms with van der Waals surface area (Å²) in [6, 6.07) is 1.79. The van der Waals surface area contributed by atoms with Crippen LogP contribution in [-0.4, -0.2) is 22.1 Å². The monoisotopic (exact) mass is 180 g/mol. The minimum Gasteiger partial charge on any atom is -0.348 e. The number of anilines is 1. The molecule has 1 aromatic rings. The van der Waals surface area contributed by atoms with Gasteiger partial charge in [0.2, 0.25) is 5.95 Å². The summed E-state index contributed by atoms with van der Waals surface area (Å²) in [4.78, 5) is 8.16. The Morgan fingerprint density at radius 3 is 2.54 bits per heavy atom. The van der Waals surface area contributed by atoms with Crippen molar-refractivity contribution < 1.29 is 0 Å². The predicted molar refractivity (Wildman–Crippen MR) is 53.4 cm³/mol. The lowest BCUT2D eigenvalue weighted by Gasteiger charge is -2.27. The zero-order valence-electron chi connectivity index (χ0n) is 8.12. The summed E-state index contributed by atoms with van der Waals surface area (Å²) in [7, 11) is 0. The Morgan fingerprint density at radius 2 is 2.08 bits per heavy atom. The van der Waals surface area contributed by atoms with E-state index in [1.165, 1.54) is 0 Å². The van der Waals surface area contributed by atoms with Crippen molar-refractivity contribution in [3.63, 3.8) is 0 Å². The molecule has 1 unspecified atom stereocenters. The highest BCUT2D eigenvalue weighted by Crippen LogP contribution is 2.12. The van der Waals surface area contributed by atoms with Crippen LogP contribution in [-0.2, 0) is 0 Å². The van der Waals surface area contributed by atoms with Gasteiger partial charge in [0.1, 0.15) is 0 Å². The molecule has 1 heterocycles. The van der Waals surface area contributed by atoms with E-state index in [1.807, 2.05) is 0 Å². The summed E-state index contributed by atoms with van der Waals surface area (Å²) >= 11 is 0. The van der Waals surface area contributed by atoms with Crippen molar-refractivity contribution in [3.8, 4) is 0 Å². The number of nitrogens with two attached hydrogens (primary N) is 1. The highest BCUT2D eigenvalue weighted by molar-refractivity contribution is 5.27. The van der Waals surface area contributed by atoms with Crippen LogP contribution in [0.25, 0.3) is 0 Å². The average molecular weight is 180 g/mol. The molecule has 0 radical (unpaired) electrons. The number of hydrogen-bond donors (Lipinski definition) is 2. The van der Waals surface area contributed by atoms with Crippen molar-refractivity contribution in [1.82, 2.24) is 9.97 Å². The zero-order chi connectivity index (χ0) is 9.73. The molecule has 0 saturated heterocycles. The first-order valence-corrected chi connectivity index (χ1v) is 4.45. The third kappa shape index (κ3) is 2.66. The quantitative estimate of drug-likeness (QED) is 0.726. The van der Waals surface area contributed by atoms with Gasteiger partial charge in [0, 0.05) is 24.5 Å². The van der Waals surface area contributed by atoms with Crippen molar-refractivity contribution in [2.45, 2.75) is 25.8 Å². The number of hydrogen-bond acceptors (Lipinski definition) is 4. The van der Waals surface area contributed by atoms with E-state index < -0.39 is 0 Å². The third-order valence-corrected chi connectivity index (χ3v) is 2.21. The normalized spacial score (nSPS) is 15.0. The van der Waals surface area contributed by atoms with Crippen molar-refractivity contribution in [2.24, 2.45) is 5.73 Å². The van der Waals surface area contributed by atoms with Crippen molar-refractivity contribution in [2.75, 3.05) is 11.9 Å². The highest BCUT2D eigenvalue weighted by atomic mass is 15.1. The zero-order valence-corrected chi connectivity index (χ0v) is 8.12. The van der Waals surface area contributed by atoms with E-state index in [0.717, 1.165) is 6.42 Å².